The van der Waals surface area contributed by atoms with Crippen LogP contribution in [0.3, 0.4) is 0 Å². The van der Waals surface area contributed by atoms with Crippen LogP contribution in [0, 0.1) is 11.3 Å². The lowest BCUT2D eigenvalue weighted by Crippen LogP contribution is -2.21. The highest BCUT2D eigenvalue weighted by molar-refractivity contribution is 6.18. The van der Waals surface area contributed by atoms with Crippen LogP contribution in [0.4, 0.5) is 13.2 Å². The maximum atomic E-state index is 12.5. The molecular weight excluding hydrogens is 271 g/mol. The molecule has 3 nitrogen and oxygen atoms in total. The number of aliphatic hydroxyl groups excluding tert-OH is 2. The molecule has 0 saturated heterocycles. The minimum atomic E-state index is -4.59. The molecule has 18 heavy (non-hydrogen) atoms. The van der Waals surface area contributed by atoms with Gasteiger partial charge in [-0.15, -0.1) is 11.6 Å². The van der Waals surface area contributed by atoms with Crippen LogP contribution in [0.15, 0.2) is 18.2 Å². The summed E-state index contributed by atoms with van der Waals surface area (Å²) in [7, 11) is 0. The van der Waals surface area contributed by atoms with E-state index >= 15 is 0 Å². The van der Waals surface area contributed by atoms with E-state index in [0.717, 1.165) is 12.1 Å². The fourth-order valence-electron chi connectivity index (χ4n) is 1.38. The number of nitrogens with zero attached hydrogens (tertiary/aromatic N) is 1. The van der Waals surface area contributed by atoms with Crippen LogP contribution in [0.1, 0.15) is 22.8 Å². The molecule has 0 aliphatic rings. The molecule has 1 rings (SSSR count). The van der Waals surface area contributed by atoms with Crippen LogP contribution in [-0.4, -0.2) is 22.2 Å². The van der Waals surface area contributed by atoms with Crippen LogP contribution in [0.25, 0.3) is 0 Å². The van der Waals surface area contributed by atoms with E-state index in [1.54, 1.807) is 6.07 Å². The first-order chi connectivity index (χ1) is 8.31. The van der Waals surface area contributed by atoms with E-state index in [2.05, 4.69) is 0 Å². The van der Waals surface area contributed by atoms with E-state index in [9.17, 15) is 23.4 Å². The topological polar surface area (TPSA) is 64.2 Å². The lowest BCUT2D eigenvalue weighted by Gasteiger charge is -2.18. The van der Waals surface area contributed by atoms with E-state index in [1.807, 2.05) is 0 Å². The molecule has 0 aliphatic heterocycles. The second-order valence-electron chi connectivity index (χ2n) is 3.58. The minimum absolute atomic E-state index is 0.139. The summed E-state index contributed by atoms with van der Waals surface area (Å²) < 4.78 is 37.5. The Balaban J connectivity index is 3.28. The van der Waals surface area contributed by atoms with Gasteiger partial charge in [-0.2, -0.15) is 18.4 Å². The third kappa shape index (κ3) is 3.13. The van der Waals surface area contributed by atoms with E-state index in [4.69, 9.17) is 16.9 Å². The summed E-state index contributed by atoms with van der Waals surface area (Å²) in [6.45, 7) is 0. The van der Waals surface area contributed by atoms with Gasteiger partial charge in [0, 0.05) is 5.56 Å². The van der Waals surface area contributed by atoms with Crippen LogP contribution in [0.5, 0.6) is 0 Å². The van der Waals surface area contributed by atoms with Gasteiger partial charge in [0.2, 0.25) is 0 Å². The summed E-state index contributed by atoms with van der Waals surface area (Å²) >= 11 is 5.31. The Morgan fingerprint density at radius 2 is 1.94 bits per heavy atom. The predicted octanol–water partition coefficient (Wildman–Crippen LogP) is 2.21. The van der Waals surface area contributed by atoms with E-state index in [-0.39, 0.29) is 17.0 Å². The summed E-state index contributed by atoms with van der Waals surface area (Å²) in [6.07, 6.45) is -7.67. The Labute approximate surface area is 106 Å². The second-order valence-corrected chi connectivity index (χ2v) is 3.89. The molecule has 2 N–H and O–H groups in total. The Bertz CT molecular complexity index is 470. The first kappa shape index (κ1) is 14.8. The molecule has 0 aliphatic carbocycles. The number of alkyl halides is 4. The molecule has 7 heteroatoms. The van der Waals surface area contributed by atoms with Gasteiger partial charge in [-0.25, -0.2) is 0 Å². The van der Waals surface area contributed by atoms with Crippen molar-refractivity contribution in [2.24, 2.45) is 0 Å². The average molecular weight is 280 g/mol. The number of aliphatic hydroxyl groups is 2. The fraction of sp³-hybridized carbons (Fsp3) is 0.364. The van der Waals surface area contributed by atoms with Crippen molar-refractivity contribution in [3.05, 3.63) is 34.9 Å². The third-order valence-corrected chi connectivity index (χ3v) is 2.66. The standard InChI is InChI=1S/C11H9ClF3NO2/c12-4-9(17)10(18)8-3-7(11(13,14)15)2-1-6(8)5-16/h1-3,9-10,17-18H,4H2. The Hall–Kier alpha value is -1.29. The molecule has 0 saturated carbocycles. The van der Waals surface area contributed by atoms with Crippen LogP contribution >= 0.6 is 11.6 Å². The molecular formula is C11H9ClF3NO2. The molecule has 2 unspecified atom stereocenters. The first-order valence-corrected chi connectivity index (χ1v) is 5.38. The molecule has 0 spiro atoms. The van der Waals surface area contributed by atoms with Crippen LogP contribution in [-0.2, 0) is 6.18 Å². The highest BCUT2D eigenvalue weighted by Gasteiger charge is 2.32. The number of nitriles is 1. The molecule has 2 atom stereocenters. The predicted molar refractivity (Wildman–Crippen MR) is 57.8 cm³/mol. The number of hydrogen-bond donors (Lipinski definition) is 2. The second kappa shape index (κ2) is 5.57. The highest BCUT2D eigenvalue weighted by atomic mass is 35.5. The Morgan fingerprint density at radius 3 is 2.39 bits per heavy atom. The smallest absolute Gasteiger partial charge is 0.389 e. The molecule has 0 radical (unpaired) electrons. The number of benzene rings is 1. The molecule has 1 aromatic rings. The Kier molecular flexibility index (Phi) is 4.57. The number of hydrogen-bond acceptors (Lipinski definition) is 3. The minimum Gasteiger partial charge on any atom is -0.389 e. The zero-order valence-electron chi connectivity index (χ0n) is 8.95. The molecule has 1 aromatic carbocycles. The van der Waals surface area contributed by atoms with Gasteiger partial charge in [0.15, 0.2) is 0 Å². The van der Waals surface area contributed by atoms with E-state index < -0.39 is 23.9 Å². The zero-order chi connectivity index (χ0) is 13.9. The van der Waals surface area contributed by atoms with Crippen molar-refractivity contribution < 1.29 is 23.4 Å². The van der Waals surface area contributed by atoms with Crippen molar-refractivity contribution >= 4 is 11.6 Å². The van der Waals surface area contributed by atoms with Crippen molar-refractivity contribution in [3.63, 3.8) is 0 Å². The van der Waals surface area contributed by atoms with E-state index in [0.29, 0.717) is 6.07 Å². The molecule has 98 valence electrons. The highest BCUT2D eigenvalue weighted by Crippen LogP contribution is 2.32. The van der Waals surface area contributed by atoms with Crippen LogP contribution < -0.4 is 0 Å². The van der Waals surface area contributed by atoms with Crippen molar-refractivity contribution in [2.75, 3.05) is 5.88 Å². The van der Waals surface area contributed by atoms with Gasteiger partial charge in [0.1, 0.15) is 6.10 Å². The maximum absolute atomic E-state index is 12.5. The summed E-state index contributed by atoms with van der Waals surface area (Å²) in [5.74, 6) is -0.359. The molecule has 0 bridgehead atoms. The lowest BCUT2D eigenvalue weighted by atomic mass is 9.97. The van der Waals surface area contributed by atoms with Gasteiger partial charge < -0.3 is 10.2 Å². The Morgan fingerprint density at radius 1 is 1.33 bits per heavy atom. The molecule has 0 fully saturated rings. The van der Waals surface area contributed by atoms with Gasteiger partial charge in [0.05, 0.1) is 29.2 Å². The van der Waals surface area contributed by atoms with Gasteiger partial charge in [-0.3, -0.25) is 0 Å². The normalized spacial score (nSPS) is 14.9. The molecule has 0 heterocycles. The molecule has 0 aromatic heterocycles. The number of halogens is 4. The zero-order valence-corrected chi connectivity index (χ0v) is 9.70. The van der Waals surface area contributed by atoms with Crippen molar-refractivity contribution in [1.82, 2.24) is 0 Å². The summed E-state index contributed by atoms with van der Waals surface area (Å²) in [5.41, 5.74) is -1.43. The van der Waals surface area contributed by atoms with Crippen molar-refractivity contribution in [3.8, 4) is 6.07 Å². The largest absolute Gasteiger partial charge is 0.416 e. The monoisotopic (exact) mass is 279 g/mol. The molecule has 0 amide bonds. The maximum Gasteiger partial charge on any atom is 0.416 e. The fourth-order valence-corrected chi connectivity index (χ4v) is 1.55. The SMILES string of the molecule is N#Cc1ccc(C(F)(F)F)cc1C(O)C(O)CCl. The van der Waals surface area contributed by atoms with Crippen molar-refractivity contribution in [1.29, 1.82) is 5.26 Å². The summed E-state index contributed by atoms with van der Waals surface area (Å²) in [4.78, 5) is 0. The van der Waals surface area contributed by atoms with E-state index in [1.165, 1.54) is 0 Å². The number of rotatable bonds is 3. The van der Waals surface area contributed by atoms with Gasteiger partial charge >= 0.3 is 6.18 Å². The quantitative estimate of drug-likeness (QED) is 0.834. The summed E-state index contributed by atoms with van der Waals surface area (Å²) in [5, 5.41) is 27.7. The van der Waals surface area contributed by atoms with Gasteiger partial charge in [-0.1, -0.05) is 0 Å². The van der Waals surface area contributed by atoms with Crippen molar-refractivity contribution in [2.45, 2.75) is 18.4 Å². The summed E-state index contributed by atoms with van der Waals surface area (Å²) in [6, 6.07) is 3.98. The average Bonchev–Trinajstić information content (AvgIpc) is 2.35. The first-order valence-electron chi connectivity index (χ1n) is 4.84. The third-order valence-electron chi connectivity index (χ3n) is 2.34. The van der Waals surface area contributed by atoms with Crippen LogP contribution in [0.2, 0.25) is 0 Å². The van der Waals surface area contributed by atoms with Gasteiger partial charge in [-0.05, 0) is 18.2 Å². The van der Waals surface area contributed by atoms with Gasteiger partial charge in [0.25, 0.3) is 0 Å². The lowest BCUT2D eigenvalue weighted by molar-refractivity contribution is -0.137.